The summed E-state index contributed by atoms with van der Waals surface area (Å²) in [6, 6.07) is 4.00. The maximum absolute atomic E-state index is 13.7. The minimum Gasteiger partial charge on any atom is -0.395 e. The van der Waals surface area contributed by atoms with E-state index >= 15 is 0 Å². The Morgan fingerprint density at radius 2 is 2.05 bits per heavy atom. The van der Waals surface area contributed by atoms with Gasteiger partial charge in [-0.1, -0.05) is 19.1 Å². The molecule has 19 heavy (non-hydrogen) atoms. The largest absolute Gasteiger partial charge is 0.395 e. The van der Waals surface area contributed by atoms with E-state index in [1.807, 2.05) is 6.92 Å². The van der Waals surface area contributed by atoms with Gasteiger partial charge in [-0.2, -0.15) is 0 Å². The monoisotopic (exact) mass is 272 g/mol. The molecule has 0 saturated carbocycles. The van der Waals surface area contributed by atoms with E-state index in [0.29, 0.717) is 18.5 Å². The molecule has 3 nitrogen and oxygen atoms in total. The Balaban J connectivity index is 2.70. The van der Waals surface area contributed by atoms with Gasteiger partial charge < -0.3 is 15.3 Å². The second-order valence-corrected chi connectivity index (χ2v) is 4.43. The Morgan fingerprint density at radius 3 is 2.63 bits per heavy atom. The minimum absolute atomic E-state index is 0.104. The van der Waals surface area contributed by atoms with Crippen LogP contribution in [0.5, 0.6) is 0 Å². The molecule has 0 aliphatic rings. The third-order valence-electron chi connectivity index (χ3n) is 3.30. The van der Waals surface area contributed by atoms with Crippen molar-refractivity contribution in [3.8, 4) is 0 Å². The maximum Gasteiger partial charge on any atom is 0.163 e. The average molecular weight is 272 g/mol. The van der Waals surface area contributed by atoms with Gasteiger partial charge in [-0.25, -0.2) is 8.78 Å². The van der Waals surface area contributed by atoms with Crippen LogP contribution in [0.25, 0.3) is 0 Å². The lowest BCUT2D eigenvalue weighted by Gasteiger charge is -2.23. The van der Waals surface area contributed by atoms with E-state index in [2.05, 4.69) is 10.2 Å². The quantitative estimate of drug-likeness (QED) is 0.759. The van der Waals surface area contributed by atoms with Gasteiger partial charge in [-0.3, -0.25) is 0 Å². The highest BCUT2D eigenvalue weighted by molar-refractivity contribution is 5.22. The number of likely N-dealkylation sites (N-methyl/N-ethyl adjacent to an activating group) is 1. The third kappa shape index (κ3) is 4.53. The van der Waals surface area contributed by atoms with Crippen molar-refractivity contribution in [1.29, 1.82) is 0 Å². The zero-order valence-corrected chi connectivity index (χ0v) is 11.5. The van der Waals surface area contributed by atoms with Crippen LogP contribution in [0.3, 0.4) is 0 Å². The lowest BCUT2D eigenvalue weighted by atomic mass is 10.0. The summed E-state index contributed by atoms with van der Waals surface area (Å²) in [7, 11) is 1.73. The standard InChI is InChI=1S/C14H22F2N2O/c1-3-18(9-10-19)8-7-13(17-2)11-5-4-6-12(15)14(11)16/h4-6,13,17,19H,3,7-10H2,1-2H3. The van der Waals surface area contributed by atoms with Gasteiger partial charge in [0.1, 0.15) is 0 Å². The first kappa shape index (κ1) is 16.0. The van der Waals surface area contributed by atoms with Crippen molar-refractivity contribution < 1.29 is 13.9 Å². The Labute approximate surface area is 113 Å². The highest BCUT2D eigenvalue weighted by Gasteiger charge is 2.17. The summed E-state index contributed by atoms with van der Waals surface area (Å²) in [5.74, 6) is -1.60. The fourth-order valence-electron chi connectivity index (χ4n) is 2.13. The topological polar surface area (TPSA) is 35.5 Å². The van der Waals surface area contributed by atoms with Gasteiger partial charge in [0, 0.05) is 24.7 Å². The Bertz CT molecular complexity index is 388. The second-order valence-electron chi connectivity index (χ2n) is 4.43. The Hall–Kier alpha value is -1.04. The first-order chi connectivity index (χ1) is 9.13. The molecule has 0 spiro atoms. The van der Waals surface area contributed by atoms with E-state index in [1.165, 1.54) is 6.07 Å². The van der Waals surface area contributed by atoms with E-state index in [4.69, 9.17) is 5.11 Å². The highest BCUT2D eigenvalue weighted by Crippen LogP contribution is 2.22. The molecule has 1 aromatic carbocycles. The molecule has 1 aromatic rings. The van der Waals surface area contributed by atoms with Crippen LogP contribution in [0.2, 0.25) is 0 Å². The third-order valence-corrected chi connectivity index (χ3v) is 3.30. The van der Waals surface area contributed by atoms with Crippen molar-refractivity contribution in [3.05, 3.63) is 35.4 Å². The molecular formula is C14H22F2N2O. The lowest BCUT2D eigenvalue weighted by molar-refractivity contribution is 0.195. The van der Waals surface area contributed by atoms with Gasteiger partial charge in [0.25, 0.3) is 0 Å². The first-order valence-corrected chi connectivity index (χ1v) is 6.58. The molecule has 0 bridgehead atoms. The Kier molecular flexibility index (Phi) is 6.91. The predicted molar refractivity (Wildman–Crippen MR) is 72.0 cm³/mol. The molecule has 0 amide bonds. The summed E-state index contributed by atoms with van der Waals surface area (Å²) in [6.45, 7) is 4.25. The maximum atomic E-state index is 13.7. The van der Waals surface area contributed by atoms with Gasteiger partial charge in [-0.15, -0.1) is 0 Å². The number of halogens is 2. The molecular weight excluding hydrogens is 250 g/mol. The predicted octanol–water partition coefficient (Wildman–Crippen LogP) is 1.93. The van der Waals surface area contributed by atoms with Crippen LogP contribution in [0, 0.1) is 11.6 Å². The molecule has 0 aromatic heterocycles. The molecule has 1 rings (SSSR count). The number of nitrogens with one attached hydrogen (secondary N) is 1. The van der Waals surface area contributed by atoms with Crippen molar-refractivity contribution in [1.82, 2.24) is 10.2 Å². The van der Waals surface area contributed by atoms with Crippen LogP contribution in [-0.2, 0) is 0 Å². The number of hydrogen-bond donors (Lipinski definition) is 2. The number of rotatable bonds is 8. The molecule has 1 unspecified atom stereocenters. The van der Waals surface area contributed by atoms with E-state index in [-0.39, 0.29) is 12.6 Å². The van der Waals surface area contributed by atoms with Gasteiger partial charge in [-0.05, 0) is 26.1 Å². The van der Waals surface area contributed by atoms with Crippen molar-refractivity contribution in [2.24, 2.45) is 0 Å². The smallest absolute Gasteiger partial charge is 0.163 e. The summed E-state index contributed by atoms with van der Waals surface area (Å²) in [6.07, 6.45) is 0.657. The van der Waals surface area contributed by atoms with E-state index in [9.17, 15) is 8.78 Å². The molecule has 108 valence electrons. The van der Waals surface area contributed by atoms with E-state index in [1.54, 1.807) is 13.1 Å². The number of aliphatic hydroxyl groups is 1. The van der Waals surface area contributed by atoms with Gasteiger partial charge in [0.2, 0.25) is 0 Å². The molecule has 5 heteroatoms. The van der Waals surface area contributed by atoms with Crippen LogP contribution < -0.4 is 5.32 Å². The van der Waals surface area contributed by atoms with Crippen LogP contribution >= 0.6 is 0 Å². The van der Waals surface area contributed by atoms with Gasteiger partial charge in [0.15, 0.2) is 11.6 Å². The molecule has 1 atom stereocenters. The number of aliphatic hydroxyl groups excluding tert-OH is 1. The molecule has 0 fully saturated rings. The minimum atomic E-state index is -0.819. The lowest BCUT2D eigenvalue weighted by Crippen LogP contribution is -2.31. The van der Waals surface area contributed by atoms with Crippen LogP contribution in [0.15, 0.2) is 18.2 Å². The number of hydrogen-bond acceptors (Lipinski definition) is 3. The molecule has 0 saturated heterocycles. The summed E-state index contributed by atoms with van der Waals surface area (Å²) < 4.78 is 26.9. The zero-order chi connectivity index (χ0) is 14.3. The second kappa shape index (κ2) is 8.19. The van der Waals surface area contributed by atoms with Gasteiger partial charge >= 0.3 is 0 Å². The van der Waals surface area contributed by atoms with Crippen molar-refractivity contribution in [2.45, 2.75) is 19.4 Å². The molecule has 0 aliphatic carbocycles. The highest BCUT2D eigenvalue weighted by atomic mass is 19.2. The van der Waals surface area contributed by atoms with Gasteiger partial charge in [0.05, 0.1) is 6.61 Å². The summed E-state index contributed by atoms with van der Waals surface area (Å²) in [5.41, 5.74) is 0.350. The first-order valence-electron chi connectivity index (χ1n) is 6.58. The number of nitrogens with zero attached hydrogens (tertiary/aromatic N) is 1. The number of benzene rings is 1. The summed E-state index contributed by atoms with van der Waals surface area (Å²) in [5, 5.41) is 11.9. The van der Waals surface area contributed by atoms with Crippen LogP contribution in [0.4, 0.5) is 8.78 Å². The Morgan fingerprint density at radius 1 is 1.32 bits per heavy atom. The summed E-state index contributed by atoms with van der Waals surface area (Å²) in [4.78, 5) is 2.07. The van der Waals surface area contributed by atoms with E-state index in [0.717, 1.165) is 19.2 Å². The molecule has 0 heterocycles. The fraction of sp³-hybridized carbons (Fsp3) is 0.571. The molecule has 0 aliphatic heterocycles. The average Bonchev–Trinajstić information content (AvgIpc) is 2.42. The summed E-state index contributed by atoms with van der Waals surface area (Å²) >= 11 is 0. The van der Waals surface area contributed by atoms with Crippen molar-refractivity contribution >= 4 is 0 Å². The van der Waals surface area contributed by atoms with Crippen molar-refractivity contribution in [2.75, 3.05) is 33.3 Å². The van der Waals surface area contributed by atoms with Crippen LogP contribution in [-0.4, -0.2) is 43.3 Å². The molecule has 0 radical (unpaired) electrons. The van der Waals surface area contributed by atoms with E-state index < -0.39 is 11.6 Å². The normalized spacial score (nSPS) is 12.9. The SMILES string of the molecule is CCN(CCO)CCC(NC)c1cccc(F)c1F. The zero-order valence-electron chi connectivity index (χ0n) is 11.5. The van der Waals surface area contributed by atoms with Crippen LogP contribution in [0.1, 0.15) is 24.9 Å². The molecule has 2 N–H and O–H groups in total. The van der Waals surface area contributed by atoms with Crippen molar-refractivity contribution in [3.63, 3.8) is 0 Å². The fourth-order valence-corrected chi connectivity index (χ4v) is 2.13.